The van der Waals surface area contributed by atoms with Crippen molar-refractivity contribution >= 4 is 55.6 Å². The molecular weight excluding hydrogens is 538 g/mol. The number of anilines is 1. The molecule has 0 atom stereocenters. The second-order valence-corrected chi connectivity index (χ2v) is 8.85. The molecule has 32 heavy (non-hydrogen) atoms. The first-order valence-electron chi connectivity index (χ1n) is 9.70. The first-order chi connectivity index (χ1) is 15.3. The second-order valence-electron chi connectivity index (χ2n) is 7.08. The third-order valence-corrected chi connectivity index (χ3v) is 5.42. The molecule has 0 aliphatic heterocycles. The maximum atomic E-state index is 12.3. The van der Waals surface area contributed by atoms with Crippen LogP contribution in [-0.4, -0.2) is 24.6 Å². The van der Waals surface area contributed by atoms with E-state index in [-0.39, 0.29) is 18.4 Å². The Morgan fingerprint density at radius 3 is 2.47 bits per heavy atom. The molecule has 2 N–H and O–H groups in total. The smallest absolute Gasteiger partial charge is 0.271 e. The van der Waals surface area contributed by atoms with Crippen LogP contribution < -0.4 is 15.5 Å². The summed E-state index contributed by atoms with van der Waals surface area (Å²) in [5.41, 5.74) is 6.41. The van der Waals surface area contributed by atoms with Gasteiger partial charge in [0.25, 0.3) is 11.8 Å². The molecule has 0 saturated heterocycles. The average molecular weight is 559 g/mol. The summed E-state index contributed by atoms with van der Waals surface area (Å²) in [6, 6.07) is 18.3. The maximum Gasteiger partial charge on any atom is 0.271 e. The Kier molecular flexibility index (Phi) is 8.19. The summed E-state index contributed by atoms with van der Waals surface area (Å²) in [6.45, 7) is 3.71. The molecule has 6 nitrogen and oxygen atoms in total. The SMILES string of the molecule is Cc1ccc(C(=O)N/N=C/c2cc(Br)cc(Br)c2OCC(=O)Nc2cccc(C)c2)cc1. The zero-order chi connectivity index (χ0) is 23.1. The molecule has 8 heteroatoms. The summed E-state index contributed by atoms with van der Waals surface area (Å²) < 4.78 is 7.18. The highest BCUT2D eigenvalue weighted by Crippen LogP contribution is 2.32. The minimum Gasteiger partial charge on any atom is -0.482 e. The van der Waals surface area contributed by atoms with Crippen molar-refractivity contribution in [3.8, 4) is 5.75 Å². The first kappa shape index (κ1) is 23.7. The van der Waals surface area contributed by atoms with Gasteiger partial charge in [0.1, 0.15) is 5.75 Å². The largest absolute Gasteiger partial charge is 0.482 e. The van der Waals surface area contributed by atoms with Gasteiger partial charge in [0.15, 0.2) is 6.61 Å². The lowest BCUT2D eigenvalue weighted by atomic mass is 10.1. The number of aryl methyl sites for hydroxylation is 2. The topological polar surface area (TPSA) is 79.8 Å². The van der Waals surface area contributed by atoms with E-state index < -0.39 is 0 Å². The summed E-state index contributed by atoms with van der Waals surface area (Å²) in [5.74, 6) is -0.183. The van der Waals surface area contributed by atoms with Gasteiger partial charge in [-0.1, -0.05) is 45.8 Å². The standard InChI is InChI=1S/C24H21Br2N3O3/c1-15-6-8-17(9-7-15)24(31)29-27-13-18-11-19(25)12-21(26)23(18)32-14-22(30)28-20-5-3-4-16(2)10-20/h3-13H,14H2,1-2H3,(H,28,30)(H,29,31)/b27-13+. The van der Waals surface area contributed by atoms with Crippen molar-refractivity contribution in [3.05, 3.63) is 91.9 Å². The molecule has 3 aromatic rings. The summed E-state index contributed by atoms with van der Waals surface area (Å²) in [4.78, 5) is 24.6. The maximum absolute atomic E-state index is 12.3. The van der Waals surface area contributed by atoms with Gasteiger partial charge in [-0.25, -0.2) is 5.43 Å². The van der Waals surface area contributed by atoms with Gasteiger partial charge in [0.2, 0.25) is 0 Å². The Morgan fingerprint density at radius 2 is 1.75 bits per heavy atom. The number of rotatable bonds is 7. The van der Waals surface area contributed by atoms with E-state index >= 15 is 0 Å². The Labute approximate surface area is 203 Å². The molecule has 0 aliphatic carbocycles. The van der Waals surface area contributed by atoms with E-state index in [9.17, 15) is 9.59 Å². The Morgan fingerprint density at radius 1 is 1.00 bits per heavy atom. The van der Waals surface area contributed by atoms with E-state index in [0.29, 0.717) is 27.0 Å². The van der Waals surface area contributed by atoms with Gasteiger partial charge in [-0.05, 0) is 71.7 Å². The molecule has 0 aromatic heterocycles. The molecule has 0 aliphatic rings. The highest BCUT2D eigenvalue weighted by atomic mass is 79.9. The lowest BCUT2D eigenvalue weighted by Gasteiger charge is -2.12. The first-order valence-corrected chi connectivity index (χ1v) is 11.3. The molecule has 164 valence electrons. The molecule has 0 radical (unpaired) electrons. The monoisotopic (exact) mass is 557 g/mol. The molecule has 0 bridgehead atoms. The molecule has 0 unspecified atom stereocenters. The van der Waals surface area contributed by atoms with Crippen LogP contribution in [0.1, 0.15) is 27.0 Å². The summed E-state index contributed by atoms with van der Waals surface area (Å²) in [7, 11) is 0. The van der Waals surface area contributed by atoms with Crippen LogP contribution in [0, 0.1) is 13.8 Å². The fourth-order valence-electron chi connectivity index (χ4n) is 2.82. The third kappa shape index (κ3) is 6.77. The van der Waals surface area contributed by atoms with Crippen LogP contribution in [0.15, 0.2) is 74.7 Å². The van der Waals surface area contributed by atoms with E-state index in [0.717, 1.165) is 15.6 Å². The van der Waals surface area contributed by atoms with Crippen molar-refractivity contribution < 1.29 is 14.3 Å². The zero-order valence-electron chi connectivity index (χ0n) is 17.5. The van der Waals surface area contributed by atoms with Gasteiger partial charge in [-0.3, -0.25) is 9.59 Å². The fourth-order valence-corrected chi connectivity index (χ4v) is 4.19. The van der Waals surface area contributed by atoms with Gasteiger partial charge < -0.3 is 10.1 Å². The number of nitrogens with zero attached hydrogens (tertiary/aromatic N) is 1. The Bertz CT molecular complexity index is 1160. The summed E-state index contributed by atoms with van der Waals surface area (Å²) in [5, 5.41) is 6.85. The van der Waals surface area contributed by atoms with Crippen molar-refractivity contribution in [2.75, 3.05) is 11.9 Å². The minimum absolute atomic E-state index is 0.190. The van der Waals surface area contributed by atoms with Gasteiger partial charge in [0.05, 0.1) is 10.7 Å². The number of ether oxygens (including phenoxy) is 1. The second kappa shape index (κ2) is 11.1. The number of carbonyl (C=O) groups is 2. The summed E-state index contributed by atoms with van der Waals surface area (Å²) >= 11 is 6.88. The molecule has 3 aromatic carbocycles. The molecule has 3 rings (SSSR count). The van der Waals surface area contributed by atoms with E-state index in [2.05, 4.69) is 47.7 Å². The van der Waals surface area contributed by atoms with Crippen LogP contribution in [0.5, 0.6) is 5.75 Å². The minimum atomic E-state index is -0.324. The average Bonchev–Trinajstić information content (AvgIpc) is 2.73. The predicted octanol–water partition coefficient (Wildman–Crippen LogP) is 5.61. The van der Waals surface area contributed by atoms with E-state index in [4.69, 9.17) is 4.74 Å². The number of hydrogen-bond donors (Lipinski definition) is 2. The highest BCUT2D eigenvalue weighted by molar-refractivity contribution is 9.11. The highest BCUT2D eigenvalue weighted by Gasteiger charge is 2.12. The van der Waals surface area contributed by atoms with Crippen LogP contribution in [0.25, 0.3) is 0 Å². The van der Waals surface area contributed by atoms with Crippen LogP contribution in [0.3, 0.4) is 0 Å². The van der Waals surface area contributed by atoms with E-state index in [1.165, 1.54) is 6.21 Å². The van der Waals surface area contributed by atoms with Crippen LogP contribution in [0.2, 0.25) is 0 Å². The van der Waals surface area contributed by atoms with E-state index in [1.807, 2.05) is 50.2 Å². The molecular formula is C24H21Br2N3O3. The number of benzene rings is 3. The van der Waals surface area contributed by atoms with Gasteiger partial charge in [-0.2, -0.15) is 5.10 Å². The van der Waals surface area contributed by atoms with Crippen molar-refractivity contribution in [3.63, 3.8) is 0 Å². The quantitative estimate of drug-likeness (QED) is 0.292. The molecule has 0 saturated carbocycles. The van der Waals surface area contributed by atoms with Crippen molar-refractivity contribution in [1.82, 2.24) is 5.43 Å². The lowest BCUT2D eigenvalue weighted by molar-refractivity contribution is -0.118. The number of hydrogen-bond acceptors (Lipinski definition) is 4. The Balaban J connectivity index is 1.67. The van der Waals surface area contributed by atoms with Crippen molar-refractivity contribution in [2.24, 2.45) is 5.10 Å². The Hall–Kier alpha value is -2.97. The number of halogens is 2. The van der Waals surface area contributed by atoms with Crippen LogP contribution >= 0.6 is 31.9 Å². The van der Waals surface area contributed by atoms with Gasteiger partial charge >= 0.3 is 0 Å². The molecule has 0 spiro atoms. The fraction of sp³-hybridized carbons (Fsp3) is 0.125. The molecule has 0 fully saturated rings. The van der Waals surface area contributed by atoms with E-state index in [1.54, 1.807) is 24.3 Å². The predicted molar refractivity (Wildman–Crippen MR) is 133 cm³/mol. The molecule has 2 amide bonds. The zero-order valence-corrected chi connectivity index (χ0v) is 20.7. The van der Waals surface area contributed by atoms with Crippen LogP contribution in [0.4, 0.5) is 5.69 Å². The number of nitrogens with one attached hydrogen (secondary N) is 2. The number of hydrazone groups is 1. The van der Waals surface area contributed by atoms with Crippen LogP contribution in [-0.2, 0) is 4.79 Å². The number of amides is 2. The van der Waals surface area contributed by atoms with Gasteiger partial charge in [0, 0.05) is 21.3 Å². The number of carbonyl (C=O) groups excluding carboxylic acids is 2. The normalized spacial score (nSPS) is 10.8. The molecule has 0 heterocycles. The lowest BCUT2D eigenvalue weighted by Crippen LogP contribution is -2.21. The van der Waals surface area contributed by atoms with Crippen molar-refractivity contribution in [2.45, 2.75) is 13.8 Å². The van der Waals surface area contributed by atoms with Gasteiger partial charge in [-0.15, -0.1) is 0 Å². The van der Waals surface area contributed by atoms with Crippen molar-refractivity contribution in [1.29, 1.82) is 0 Å². The summed E-state index contributed by atoms with van der Waals surface area (Å²) in [6.07, 6.45) is 1.47. The third-order valence-electron chi connectivity index (χ3n) is 4.37.